The Labute approximate surface area is 119 Å². The maximum absolute atomic E-state index is 12.3. The summed E-state index contributed by atoms with van der Waals surface area (Å²) in [7, 11) is -3.67. The van der Waals surface area contributed by atoms with E-state index in [1.165, 1.54) is 18.8 Å². The highest BCUT2D eigenvalue weighted by Gasteiger charge is 2.28. The smallest absolute Gasteiger partial charge is 0.244 e. The van der Waals surface area contributed by atoms with Gasteiger partial charge in [-0.25, -0.2) is 8.42 Å². The van der Waals surface area contributed by atoms with Crippen molar-refractivity contribution >= 4 is 10.0 Å². The lowest BCUT2D eigenvalue weighted by Crippen LogP contribution is -2.39. The van der Waals surface area contributed by atoms with E-state index < -0.39 is 16.1 Å². The molecule has 1 saturated carbocycles. The highest BCUT2D eigenvalue weighted by Crippen LogP contribution is 2.27. The van der Waals surface area contributed by atoms with E-state index in [0.717, 1.165) is 25.7 Å². The Bertz CT molecular complexity index is 582. The van der Waals surface area contributed by atoms with Crippen LogP contribution < -0.4 is 4.72 Å². The minimum Gasteiger partial charge on any atom is -0.272 e. The topological polar surface area (TPSA) is 87.8 Å². The van der Waals surface area contributed by atoms with Crippen LogP contribution >= 0.6 is 0 Å². The SMILES string of the molecule is CCn1cc(S(=O)(=O)N[C@@H](C#N)C2CCCCC2)cn1. The maximum Gasteiger partial charge on any atom is 0.244 e. The number of hydrogen-bond acceptors (Lipinski definition) is 4. The van der Waals surface area contributed by atoms with E-state index in [4.69, 9.17) is 0 Å². The van der Waals surface area contributed by atoms with Gasteiger partial charge in [0.05, 0.1) is 12.3 Å². The summed E-state index contributed by atoms with van der Waals surface area (Å²) in [5.74, 6) is 0.116. The zero-order valence-corrected chi connectivity index (χ0v) is 12.4. The fraction of sp³-hybridized carbons (Fsp3) is 0.692. The zero-order chi connectivity index (χ0) is 14.6. The molecule has 0 aromatic carbocycles. The summed E-state index contributed by atoms with van der Waals surface area (Å²) >= 11 is 0. The third-order valence-electron chi connectivity index (χ3n) is 3.79. The fourth-order valence-electron chi connectivity index (χ4n) is 2.59. The normalized spacial score (nSPS) is 18.6. The second-order valence-electron chi connectivity index (χ2n) is 5.16. The first-order valence-corrected chi connectivity index (χ1v) is 8.49. The number of nitrogens with one attached hydrogen (secondary N) is 1. The predicted octanol–water partition coefficient (Wildman–Crippen LogP) is 1.65. The van der Waals surface area contributed by atoms with Crippen LogP contribution in [0.25, 0.3) is 0 Å². The summed E-state index contributed by atoms with van der Waals surface area (Å²) in [5, 5.41) is 13.2. The molecule has 1 aliphatic carbocycles. The molecule has 2 rings (SSSR count). The minimum absolute atomic E-state index is 0.116. The van der Waals surface area contributed by atoms with E-state index >= 15 is 0 Å². The molecule has 0 unspecified atom stereocenters. The van der Waals surface area contributed by atoms with Gasteiger partial charge in [0.2, 0.25) is 10.0 Å². The molecular formula is C13H20N4O2S. The molecule has 1 atom stereocenters. The molecule has 0 amide bonds. The number of aromatic nitrogens is 2. The molecule has 0 saturated heterocycles. The van der Waals surface area contributed by atoms with Crippen LogP contribution in [0, 0.1) is 17.2 Å². The first-order chi connectivity index (χ1) is 9.56. The monoisotopic (exact) mass is 296 g/mol. The zero-order valence-electron chi connectivity index (χ0n) is 11.6. The van der Waals surface area contributed by atoms with Crippen molar-refractivity contribution in [1.29, 1.82) is 5.26 Å². The highest BCUT2D eigenvalue weighted by atomic mass is 32.2. The summed E-state index contributed by atoms with van der Waals surface area (Å²) in [5.41, 5.74) is 0. The molecule has 6 nitrogen and oxygen atoms in total. The van der Waals surface area contributed by atoms with Crippen LogP contribution in [0.15, 0.2) is 17.3 Å². The lowest BCUT2D eigenvalue weighted by molar-refractivity contribution is 0.324. The Kier molecular flexibility index (Phi) is 4.78. The largest absolute Gasteiger partial charge is 0.272 e. The Morgan fingerprint density at radius 1 is 1.50 bits per heavy atom. The van der Waals surface area contributed by atoms with Gasteiger partial charge < -0.3 is 0 Å². The van der Waals surface area contributed by atoms with Gasteiger partial charge in [-0.1, -0.05) is 19.3 Å². The molecule has 1 heterocycles. The van der Waals surface area contributed by atoms with E-state index in [0.29, 0.717) is 6.54 Å². The van der Waals surface area contributed by atoms with Crippen molar-refractivity contribution in [2.75, 3.05) is 0 Å². The Morgan fingerprint density at radius 3 is 2.75 bits per heavy atom. The Balaban J connectivity index is 2.11. The molecule has 1 aromatic rings. The van der Waals surface area contributed by atoms with Crippen molar-refractivity contribution in [3.8, 4) is 6.07 Å². The van der Waals surface area contributed by atoms with Gasteiger partial charge in [0.15, 0.2) is 0 Å². The fourth-order valence-corrected chi connectivity index (χ4v) is 3.75. The second-order valence-corrected chi connectivity index (χ2v) is 6.87. The molecule has 0 aliphatic heterocycles. The van der Waals surface area contributed by atoms with Crippen molar-refractivity contribution in [2.45, 2.75) is 56.5 Å². The van der Waals surface area contributed by atoms with Crippen molar-refractivity contribution in [3.05, 3.63) is 12.4 Å². The van der Waals surface area contributed by atoms with Gasteiger partial charge in [-0.3, -0.25) is 4.68 Å². The van der Waals surface area contributed by atoms with Crippen molar-refractivity contribution in [3.63, 3.8) is 0 Å². The average molecular weight is 296 g/mol. The van der Waals surface area contributed by atoms with Gasteiger partial charge in [0, 0.05) is 12.7 Å². The number of aryl methyl sites for hydroxylation is 1. The Hall–Kier alpha value is -1.39. The van der Waals surface area contributed by atoms with Crippen LogP contribution in [-0.4, -0.2) is 24.2 Å². The molecule has 7 heteroatoms. The first kappa shape index (κ1) is 15.0. The van der Waals surface area contributed by atoms with Crippen LogP contribution in [0.3, 0.4) is 0 Å². The van der Waals surface area contributed by atoms with E-state index in [1.54, 1.807) is 4.68 Å². The number of nitriles is 1. The quantitative estimate of drug-likeness (QED) is 0.895. The lowest BCUT2D eigenvalue weighted by atomic mass is 9.85. The summed E-state index contributed by atoms with van der Waals surface area (Å²) < 4.78 is 28.6. The van der Waals surface area contributed by atoms with Gasteiger partial charge >= 0.3 is 0 Å². The van der Waals surface area contributed by atoms with E-state index in [9.17, 15) is 13.7 Å². The number of sulfonamides is 1. The van der Waals surface area contributed by atoms with Crippen LogP contribution in [0.4, 0.5) is 0 Å². The summed E-state index contributed by atoms with van der Waals surface area (Å²) in [6, 6.07) is 1.45. The maximum atomic E-state index is 12.3. The lowest BCUT2D eigenvalue weighted by Gasteiger charge is -2.25. The minimum atomic E-state index is -3.67. The van der Waals surface area contributed by atoms with Gasteiger partial charge in [-0.05, 0) is 25.7 Å². The molecule has 1 aromatic heterocycles. The van der Waals surface area contributed by atoms with Gasteiger partial charge in [0.25, 0.3) is 0 Å². The first-order valence-electron chi connectivity index (χ1n) is 7.01. The van der Waals surface area contributed by atoms with Crippen LogP contribution in [0.2, 0.25) is 0 Å². The van der Waals surface area contributed by atoms with Gasteiger partial charge in [-0.15, -0.1) is 0 Å². The van der Waals surface area contributed by atoms with E-state index in [1.807, 2.05) is 6.92 Å². The molecule has 20 heavy (non-hydrogen) atoms. The second kappa shape index (κ2) is 6.37. The molecular weight excluding hydrogens is 276 g/mol. The predicted molar refractivity (Wildman–Crippen MR) is 74.2 cm³/mol. The molecule has 0 radical (unpaired) electrons. The van der Waals surface area contributed by atoms with Gasteiger partial charge in [-0.2, -0.15) is 15.1 Å². The summed E-state index contributed by atoms with van der Waals surface area (Å²) in [6.07, 6.45) is 7.93. The number of rotatable bonds is 5. The number of nitrogens with zero attached hydrogens (tertiary/aromatic N) is 3. The average Bonchev–Trinajstić information content (AvgIpc) is 2.95. The number of hydrogen-bond donors (Lipinski definition) is 1. The van der Waals surface area contributed by atoms with E-state index in [-0.39, 0.29) is 10.8 Å². The highest BCUT2D eigenvalue weighted by molar-refractivity contribution is 7.89. The summed E-state index contributed by atoms with van der Waals surface area (Å²) in [6.45, 7) is 2.50. The van der Waals surface area contributed by atoms with Crippen molar-refractivity contribution < 1.29 is 8.42 Å². The van der Waals surface area contributed by atoms with Gasteiger partial charge in [0.1, 0.15) is 10.9 Å². The van der Waals surface area contributed by atoms with Crippen LogP contribution in [-0.2, 0) is 16.6 Å². The molecule has 1 N–H and O–H groups in total. The molecule has 1 aliphatic rings. The standard InChI is InChI=1S/C13H20N4O2S/c1-2-17-10-12(9-15-17)20(18,19)16-13(8-14)11-6-4-3-5-7-11/h9-11,13,16H,2-7H2,1H3/t13-/m0/s1. The van der Waals surface area contributed by atoms with Crippen LogP contribution in [0.1, 0.15) is 39.0 Å². The molecule has 1 fully saturated rings. The third kappa shape index (κ3) is 3.38. The van der Waals surface area contributed by atoms with Crippen molar-refractivity contribution in [2.24, 2.45) is 5.92 Å². The molecule has 110 valence electrons. The molecule has 0 spiro atoms. The summed E-state index contributed by atoms with van der Waals surface area (Å²) in [4.78, 5) is 0.121. The van der Waals surface area contributed by atoms with Crippen molar-refractivity contribution in [1.82, 2.24) is 14.5 Å². The van der Waals surface area contributed by atoms with Crippen LogP contribution in [0.5, 0.6) is 0 Å². The third-order valence-corrected chi connectivity index (χ3v) is 5.18. The molecule has 0 bridgehead atoms. The Morgan fingerprint density at radius 2 is 2.20 bits per heavy atom. The van der Waals surface area contributed by atoms with E-state index in [2.05, 4.69) is 15.9 Å².